The van der Waals surface area contributed by atoms with Crippen molar-refractivity contribution >= 4 is 5.82 Å². The van der Waals surface area contributed by atoms with Crippen molar-refractivity contribution in [2.24, 2.45) is 0 Å². The Kier molecular flexibility index (Phi) is 3.84. The van der Waals surface area contributed by atoms with Gasteiger partial charge in [0.05, 0.1) is 11.3 Å². The van der Waals surface area contributed by atoms with E-state index in [1.54, 1.807) is 6.07 Å². The van der Waals surface area contributed by atoms with Crippen LogP contribution in [-0.4, -0.2) is 10.1 Å². The Bertz CT molecular complexity index is 304. The largest absolute Gasteiger partial charge is 0.495 e. The highest BCUT2D eigenvalue weighted by Crippen LogP contribution is 1.80. The molecule has 1 aromatic heterocycles. The average molecular weight is 174 g/mol. The van der Waals surface area contributed by atoms with Crippen molar-refractivity contribution in [2.45, 2.75) is 0 Å². The van der Waals surface area contributed by atoms with Crippen molar-refractivity contribution < 1.29 is 10.1 Å². The second kappa shape index (κ2) is 4.66. The standard InChI is InChI=1S/C4H5N3O.NO3/c5-3-1-2-6-4(8)7-3;2-1(3)4/h1-2H,(H3,5,6,7,8);/q;-1/p+1. The third-order valence-electron chi connectivity index (χ3n) is 0.735. The molecular weight excluding hydrogens is 168 g/mol. The van der Waals surface area contributed by atoms with Crippen LogP contribution in [0, 0.1) is 15.3 Å². The fourth-order valence-corrected chi connectivity index (χ4v) is 0.416. The number of aromatic amines is 2. The van der Waals surface area contributed by atoms with Gasteiger partial charge in [-0.15, -0.1) is 0 Å². The molecule has 66 valence electrons. The highest BCUT2D eigenvalue weighted by Gasteiger charge is 1.89. The van der Waals surface area contributed by atoms with Crippen LogP contribution in [0.25, 0.3) is 0 Å². The molecule has 0 aliphatic carbocycles. The second-order valence-corrected chi connectivity index (χ2v) is 1.61. The van der Waals surface area contributed by atoms with Gasteiger partial charge in [-0.1, -0.05) is 0 Å². The number of nitrogen functional groups attached to an aromatic ring is 1. The summed E-state index contributed by atoms with van der Waals surface area (Å²) in [5.74, 6) is 0.369. The molecule has 0 aromatic carbocycles. The highest BCUT2D eigenvalue weighted by atomic mass is 16.9. The van der Waals surface area contributed by atoms with Crippen LogP contribution in [0.1, 0.15) is 0 Å². The Morgan fingerprint density at radius 3 is 2.33 bits per heavy atom. The van der Waals surface area contributed by atoms with Crippen LogP contribution in [0.4, 0.5) is 5.82 Å². The van der Waals surface area contributed by atoms with E-state index in [9.17, 15) is 4.79 Å². The van der Waals surface area contributed by atoms with E-state index in [0.29, 0.717) is 5.82 Å². The van der Waals surface area contributed by atoms with Gasteiger partial charge in [0, 0.05) is 6.07 Å². The molecule has 0 aliphatic rings. The molecule has 0 spiro atoms. The number of hydrogen-bond donors (Lipinski definition) is 2. The summed E-state index contributed by atoms with van der Waals surface area (Å²) in [4.78, 5) is 23.3. The van der Waals surface area contributed by atoms with Gasteiger partial charge in [0.2, 0.25) is 0 Å². The molecular formula is C4H6N4O4. The van der Waals surface area contributed by atoms with E-state index < -0.39 is 5.09 Å². The third kappa shape index (κ3) is 6.01. The average Bonchev–Trinajstić information content (AvgIpc) is 1.84. The molecule has 0 aliphatic heterocycles. The lowest BCUT2D eigenvalue weighted by atomic mass is 10.6. The summed E-state index contributed by atoms with van der Waals surface area (Å²) in [6.45, 7) is 0. The van der Waals surface area contributed by atoms with Crippen molar-refractivity contribution in [1.29, 1.82) is 0 Å². The molecule has 0 saturated carbocycles. The molecule has 12 heavy (non-hydrogen) atoms. The third-order valence-corrected chi connectivity index (χ3v) is 0.735. The monoisotopic (exact) mass is 174 g/mol. The van der Waals surface area contributed by atoms with Crippen molar-refractivity contribution in [3.05, 3.63) is 38.1 Å². The molecule has 1 aromatic rings. The first-order valence-electron chi connectivity index (χ1n) is 2.70. The Hall–Kier alpha value is -2.12. The second-order valence-electron chi connectivity index (χ2n) is 1.61. The first-order chi connectivity index (χ1) is 5.52. The molecule has 8 nitrogen and oxygen atoms in total. The smallest absolute Gasteiger partial charge is 0.366 e. The quantitative estimate of drug-likeness (QED) is 0.365. The first kappa shape index (κ1) is 9.88. The fraction of sp³-hybridized carbons (Fsp3) is 0. The van der Waals surface area contributed by atoms with Crippen molar-refractivity contribution in [3.8, 4) is 0 Å². The molecule has 1 heterocycles. The van der Waals surface area contributed by atoms with E-state index in [1.165, 1.54) is 6.20 Å². The molecule has 0 fully saturated rings. The van der Waals surface area contributed by atoms with Crippen LogP contribution in [0.3, 0.4) is 0 Å². The topological polar surface area (TPSA) is 139 Å². The Balaban J connectivity index is 0.000000261. The van der Waals surface area contributed by atoms with Gasteiger partial charge in [-0.25, -0.2) is 4.98 Å². The van der Waals surface area contributed by atoms with Crippen molar-refractivity contribution in [2.75, 3.05) is 5.73 Å². The van der Waals surface area contributed by atoms with Crippen LogP contribution in [0.15, 0.2) is 17.1 Å². The van der Waals surface area contributed by atoms with E-state index in [1.807, 2.05) is 0 Å². The molecule has 0 amide bonds. The lowest BCUT2D eigenvalue weighted by molar-refractivity contribution is -0.403. The normalized spacial score (nSPS) is 8.00. The number of hydrogen-bond acceptors (Lipinski definition) is 5. The van der Waals surface area contributed by atoms with Gasteiger partial charge < -0.3 is 21.1 Å². The number of nitrogens with one attached hydrogen (secondary N) is 2. The van der Waals surface area contributed by atoms with Crippen LogP contribution in [-0.2, 0) is 0 Å². The van der Waals surface area contributed by atoms with Gasteiger partial charge in [0.1, 0.15) is 0 Å². The van der Waals surface area contributed by atoms with Crippen LogP contribution in [0.5, 0.6) is 0 Å². The van der Waals surface area contributed by atoms with E-state index in [4.69, 9.17) is 21.1 Å². The predicted octanol–water partition coefficient (Wildman–Crippen LogP) is -1.47. The molecule has 0 atom stereocenters. The van der Waals surface area contributed by atoms with E-state index >= 15 is 0 Å². The van der Waals surface area contributed by atoms with E-state index in [0.717, 1.165) is 0 Å². The van der Waals surface area contributed by atoms with Gasteiger partial charge in [0.15, 0.2) is 5.82 Å². The lowest BCUT2D eigenvalue weighted by Gasteiger charge is -1.77. The lowest BCUT2D eigenvalue weighted by Crippen LogP contribution is -2.28. The summed E-state index contributed by atoms with van der Waals surface area (Å²) in [5.41, 5.74) is 4.90. The summed E-state index contributed by atoms with van der Waals surface area (Å²) in [6.07, 6.45) is 1.48. The summed E-state index contributed by atoms with van der Waals surface area (Å²) >= 11 is 0. The molecule has 0 unspecified atom stereocenters. The summed E-state index contributed by atoms with van der Waals surface area (Å²) < 4.78 is 0. The maximum atomic E-state index is 10.3. The summed E-state index contributed by atoms with van der Waals surface area (Å²) in [6, 6.07) is 1.57. The Morgan fingerprint density at radius 2 is 2.08 bits per heavy atom. The van der Waals surface area contributed by atoms with Crippen LogP contribution < -0.4 is 16.4 Å². The Labute approximate surface area is 65.8 Å². The van der Waals surface area contributed by atoms with Crippen molar-refractivity contribution in [1.82, 2.24) is 4.98 Å². The van der Waals surface area contributed by atoms with Gasteiger partial charge in [-0.05, 0) is 0 Å². The Morgan fingerprint density at radius 1 is 1.58 bits per heavy atom. The molecule has 8 heteroatoms. The van der Waals surface area contributed by atoms with Crippen LogP contribution in [0.2, 0.25) is 0 Å². The van der Waals surface area contributed by atoms with E-state index in [-0.39, 0.29) is 5.69 Å². The first-order valence-corrected chi connectivity index (χ1v) is 2.70. The maximum absolute atomic E-state index is 10.3. The molecule has 1 rings (SSSR count). The zero-order valence-electron chi connectivity index (χ0n) is 5.81. The van der Waals surface area contributed by atoms with Crippen molar-refractivity contribution in [3.63, 3.8) is 0 Å². The number of rotatable bonds is 0. The minimum atomic E-state index is -1.75. The highest BCUT2D eigenvalue weighted by molar-refractivity contribution is 5.21. The van der Waals surface area contributed by atoms with Gasteiger partial charge in [-0.3, -0.25) is 0 Å². The SMILES string of the molecule is Nc1cc[nH+]c(=O)[nH]1.O=[N+]([O-])[O-]. The minimum absolute atomic E-state index is 0.287. The number of anilines is 1. The number of H-pyrrole nitrogens is 2. The summed E-state index contributed by atoms with van der Waals surface area (Å²) in [5, 5.41) is 14.8. The zero-order valence-corrected chi connectivity index (χ0v) is 5.81. The minimum Gasteiger partial charge on any atom is -0.366 e. The van der Waals surface area contributed by atoms with Gasteiger partial charge in [0.25, 0.3) is 0 Å². The fourth-order valence-electron chi connectivity index (χ4n) is 0.416. The predicted molar refractivity (Wildman–Crippen MR) is 38.4 cm³/mol. The molecule has 0 saturated heterocycles. The van der Waals surface area contributed by atoms with Gasteiger partial charge in [-0.2, -0.15) is 9.78 Å². The maximum Gasteiger partial charge on any atom is 0.495 e. The molecule has 0 radical (unpaired) electrons. The van der Waals surface area contributed by atoms with Gasteiger partial charge >= 0.3 is 5.69 Å². The van der Waals surface area contributed by atoms with Crippen LogP contribution >= 0.6 is 0 Å². The van der Waals surface area contributed by atoms with E-state index in [2.05, 4.69) is 9.97 Å². The number of aromatic nitrogens is 2. The summed E-state index contributed by atoms with van der Waals surface area (Å²) in [7, 11) is 0. The molecule has 4 N–H and O–H groups in total. The number of nitrogens with zero attached hydrogens (tertiary/aromatic N) is 1. The number of nitrogens with two attached hydrogens (primary N) is 1. The molecule has 0 bridgehead atoms. The zero-order chi connectivity index (χ0) is 9.56.